The minimum atomic E-state index is -0.661. The zero-order valence-electron chi connectivity index (χ0n) is 8.45. The fourth-order valence-corrected chi connectivity index (χ4v) is 1.76. The third-order valence-corrected chi connectivity index (χ3v) is 2.43. The van der Waals surface area contributed by atoms with Crippen LogP contribution in [0.15, 0.2) is 11.3 Å². The lowest BCUT2D eigenvalue weighted by Crippen LogP contribution is -2.35. The maximum absolute atomic E-state index is 11.8. The average Bonchev–Trinajstić information content (AvgIpc) is 2.22. The van der Waals surface area contributed by atoms with Gasteiger partial charge in [-0.15, -0.1) is 0 Å². The van der Waals surface area contributed by atoms with Crippen LogP contribution in [-0.4, -0.2) is 31.3 Å². The van der Waals surface area contributed by atoms with Crippen molar-refractivity contribution in [3.05, 3.63) is 11.3 Å². The highest BCUT2D eigenvalue weighted by molar-refractivity contribution is 6.01. The molecule has 1 heterocycles. The summed E-state index contributed by atoms with van der Waals surface area (Å²) in [6.45, 7) is 1.75. The van der Waals surface area contributed by atoms with Gasteiger partial charge in [-0.2, -0.15) is 0 Å². The molecule has 1 atom stereocenters. The van der Waals surface area contributed by atoms with Gasteiger partial charge in [0.05, 0.1) is 12.2 Å². The van der Waals surface area contributed by atoms with Crippen molar-refractivity contribution in [1.82, 2.24) is 0 Å². The molecule has 0 saturated carbocycles. The van der Waals surface area contributed by atoms with Crippen LogP contribution in [-0.2, 0) is 23.8 Å². The van der Waals surface area contributed by atoms with Crippen molar-refractivity contribution in [3.8, 4) is 0 Å². The molecule has 2 rings (SSSR count). The number of Topliss-reactive ketones (excluding diaryl/α,β-unsaturated/α-hetero) is 1. The summed E-state index contributed by atoms with van der Waals surface area (Å²) in [6, 6.07) is 0. The van der Waals surface area contributed by atoms with E-state index in [0.717, 1.165) is 0 Å². The van der Waals surface area contributed by atoms with E-state index in [2.05, 4.69) is 0 Å². The number of hydrogen-bond acceptors (Lipinski definition) is 5. The summed E-state index contributed by atoms with van der Waals surface area (Å²) in [5, 5.41) is 0. The van der Waals surface area contributed by atoms with E-state index in [1.807, 2.05) is 0 Å². The minimum Gasteiger partial charge on any atom is -0.471 e. The second-order valence-electron chi connectivity index (χ2n) is 3.51. The number of ketones is 1. The summed E-state index contributed by atoms with van der Waals surface area (Å²) < 4.78 is 15.1. The quantitative estimate of drug-likeness (QED) is 0.593. The van der Waals surface area contributed by atoms with Crippen molar-refractivity contribution in [3.63, 3.8) is 0 Å². The summed E-state index contributed by atoms with van der Waals surface area (Å²) in [7, 11) is 0. The maximum atomic E-state index is 11.8. The van der Waals surface area contributed by atoms with E-state index >= 15 is 0 Å². The molecule has 1 aliphatic carbocycles. The first-order valence-corrected chi connectivity index (χ1v) is 4.82. The molecule has 0 fully saturated rings. The van der Waals surface area contributed by atoms with Gasteiger partial charge in [-0.25, -0.2) is 0 Å². The first kappa shape index (κ1) is 10.2. The van der Waals surface area contributed by atoms with Gasteiger partial charge in [-0.05, 0) is 6.42 Å². The molecule has 0 aromatic carbocycles. The van der Waals surface area contributed by atoms with Gasteiger partial charge >= 0.3 is 5.97 Å². The molecule has 82 valence electrons. The van der Waals surface area contributed by atoms with Crippen molar-refractivity contribution in [2.75, 3.05) is 13.4 Å². The van der Waals surface area contributed by atoms with Crippen LogP contribution in [0.2, 0.25) is 0 Å². The third-order valence-electron chi connectivity index (χ3n) is 2.43. The summed E-state index contributed by atoms with van der Waals surface area (Å²) in [5.41, 5.74) is 0.513. The fourth-order valence-electron chi connectivity index (χ4n) is 1.76. The third kappa shape index (κ3) is 2.02. The van der Waals surface area contributed by atoms with Crippen LogP contribution in [0.25, 0.3) is 0 Å². The Balaban J connectivity index is 2.14. The second-order valence-corrected chi connectivity index (χ2v) is 3.51. The predicted octanol–water partition coefficient (Wildman–Crippen LogP) is 0.539. The van der Waals surface area contributed by atoms with Crippen LogP contribution < -0.4 is 0 Å². The van der Waals surface area contributed by atoms with Crippen LogP contribution in [0, 0.1) is 0 Å². The Morgan fingerprint density at radius 3 is 3.07 bits per heavy atom. The highest BCUT2D eigenvalue weighted by Gasteiger charge is 2.34. The molecular formula is C10H12O5. The molecule has 0 unspecified atom stereocenters. The average molecular weight is 212 g/mol. The van der Waals surface area contributed by atoms with Crippen molar-refractivity contribution < 1.29 is 23.8 Å². The zero-order valence-corrected chi connectivity index (χ0v) is 8.45. The van der Waals surface area contributed by atoms with Gasteiger partial charge in [0.15, 0.2) is 12.9 Å². The molecule has 5 heteroatoms. The molecule has 0 spiro atoms. The lowest BCUT2D eigenvalue weighted by molar-refractivity contribution is -0.154. The van der Waals surface area contributed by atoms with Gasteiger partial charge in [0.1, 0.15) is 5.76 Å². The van der Waals surface area contributed by atoms with Crippen LogP contribution in [0.5, 0.6) is 0 Å². The molecule has 0 bridgehead atoms. The SMILES string of the molecule is CC(=O)O[C@@H]1CCC2=C(COCO2)C1=O. The van der Waals surface area contributed by atoms with Gasteiger partial charge in [-0.3, -0.25) is 9.59 Å². The molecule has 0 amide bonds. The van der Waals surface area contributed by atoms with Crippen molar-refractivity contribution >= 4 is 11.8 Å². The number of ether oxygens (including phenoxy) is 3. The second kappa shape index (κ2) is 4.02. The number of esters is 1. The van der Waals surface area contributed by atoms with E-state index in [1.54, 1.807) is 0 Å². The highest BCUT2D eigenvalue weighted by Crippen LogP contribution is 2.27. The number of carbonyl (C=O) groups is 2. The first-order valence-electron chi connectivity index (χ1n) is 4.82. The van der Waals surface area contributed by atoms with Gasteiger partial charge in [0, 0.05) is 13.3 Å². The van der Waals surface area contributed by atoms with Crippen LogP contribution in [0.4, 0.5) is 0 Å². The number of hydrogen-bond donors (Lipinski definition) is 0. The maximum Gasteiger partial charge on any atom is 0.303 e. The van der Waals surface area contributed by atoms with E-state index < -0.39 is 12.1 Å². The van der Waals surface area contributed by atoms with E-state index in [0.29, 0.717) is 24.2 Å². The number of carbonyl (C=O) groups excluding carboxylic acids is 2. The highest BCUT2D eigenvalue weighted by atomic mass is 16.7. The summed E-state index contributed by atoms with van der Waals surface area (Å²) in [6.07, 6.45) is 0.464. The van der Waals surface area contributed by atoms with Crippen LogP contribution in [0.3, 0.4) is 0 Å². The minimum absolute atomic E-state index is 0.189. The van der Waals surface area contributed by atoms with Gasteiger partial charge in [-0.1, -0.05) is 0 Å². The van der Waals surface area contributed by atoms with Crippen molar-refractivity contribution in [2.45, 2.75) is 25.9 Å². The largest absolute Gasteiger partial charge is 0.471 e. The van der Waals surface area contributed by atoms with Crippen LogP contribution in [0.1, 0.15) is 19.8 Å². The van der Waals surface area contributed by atoms with Gasteiger partial charge < -0.3 is 14.2 Å². The molecular weight excluding hydrogens is 200 g/mol. The number of rotatable bonds is 1. The summed E-state index contributed by atoms with van der Waals surface area (Å²) >= 11 is 0. The molecule has 2 aliphatic rings. The standard InChI is InChI=1S/C10H12O5/c1-6(11)15-9-3-2-8-7(10(9)12)4-13-5-14-8/h9H,2-5H2,1H3/t9-/m1/s1. The van der Waals surface area contributed by atoms with Crippen molar-refractivity contribution in [2.24, 2.45) is 0 Å². The molecule has 0 aromatic heterocycles. The van der Waals surface area contributed by atoms with E-state index in [1.165, 1.54) is 6.92 Å². The molecule has 0 aromatic rings. The van der Waals surface area contributed by atoms with Gasteiger partial charge in [0.25, 0.3) is 0 Å². The molecule has 5 nitrogen and oxygen atoms in total. The topological polar surface area (TPSA) is 61.8 Å². The monoisotopic (exact) mass is 212 g/mol. The Morgan fingerprint density at radius 1 is 1.53 bits per heavy atom. The van der Waals surface area contributed by atoms with E-state index in [-0.39, 0.29) is 19.2 Å². The molecule has 0 N–H and O–H groups in total. The number of allylic oxidation sites excluding steroid dienone is 1. The summed E-state index contributed by atoms with van der Waals surface area (Å²) in [4.78, 5) is 22.6. The Kier molecular flexibility index (Phi) is 2.73. The van der Waals surface area contributed by atoms with E-state index in [4.69, 9.17) is 14.2 Å². The molecule has 0 saturated heterocycles. The lowest BCUT2D eigenvalue weighted by Gasteiger charge is -2.28. The Hall–Kier alpha value is -1.36. The Bertz CT molecular complexity index is 331. The van der Waals surface area contributed by atoms with E-state index in [9.17, 15) is 9.59 Å². The first-order chi connectivity index (χ1) is 7.18. The van der Waals surface area contributed by atoms with Crippen molar-refractivity contribution in [1.29, 1.82) is 0 Å². The predicted molar refractivity (Wildman–Crippen MR) is 48.7 cm³/mol. The van der Waals surface area contributed by atoms with Gasteiger partial charge in [0.2, 0.25) is 5.78 Å². The molecule has 0 radical (unpaired) electrons. The summed E-state index contributed by atoms with van der Waals surface area (Å²) in [5.74, 6) is 0.0656. The fraction of sp³-hybridized carbons (Fsp3) is 0.600. The Morgan fingerprint density at radius 2 is 2.33 bits per heavy atom. The van der Waals surface area contributed by atoms with Crippen LogP contribution >= 0.6 is 0 Å². The lowest BCUT2D eigenvalue weighted by atomic mass is 9.93. The smallest absolute Gasteiger partial charge is 0.303 e. The molecule has 1 aliphatic heterocycles. The normalized spacial score (nSPS) is 25.7. The Labute approximate surface area is 87.0 Å². The zero-order chi connectivity index (χ0) is 10.8. The molecule has 15 heavy (non-hydrogen) atoms.